The molecule has 0 spiro atoms. The Morgan fingerprint density at radius 2 is 1.37 bits per heavy atom. The third kappa shape index (κ3) is 4.91. The van der Waals surface area contributed by atoms with Crippen molar-refractivity contribution in [3.8, 4) is 0 Å². The zero-order chi connectivity index (χ0) is 13.9. The van der Waals surface area contributed by atoms with Gasteiger partial charge in [0.25, 0.3) is 10.1 Å². The Balaban J connectivity index is 0.00000324. The van der Waals surface area contributed by atoms with Crippen LogP contribution in [0, 0.1) is 0 Å². The first-order valence-corrected chi connectivity index (χ1v) is 6.03. The van der Waals surface area contributed by atoms with Crippen molar-refractivity contribution in [1.82, 2.24) is 0 Å². The standard InChI is InChI=1S/C10H10O7S.Ba/c1-16-9(11)6-3-7(10(12)17-2)5-8(4-6)18(13,14)15;/h3-5H,1-2H3,(H,13,14,15);/q;+2. The molecule has 0 aromatic heterocycles. The van der Waals surface area contributed by atoms with Gasteiger partial charge in [-0.2, -0.15) is 8.42 Å². The number of benzene rings is 1. The SMILES string of the molecule is COC(=O)c1cc(C(=O)OC)cc(S(=O)(=O)O)c1.[Ba+2]. The number of carbonyl (C=O) groups excluding carboxylic acids is 2. The number of ether oxygens (including phenoxy) is 2. The second kappa shape index (κ2) is 7.43. The van der Waals surface area contributed by atoms with Crippen molar-refractivity contribution in [1.29, 1.82) is 0 Å². The van der Waals surface area contributed by atoms with Gasteiger partial charge in [-0.1, -0.05) is 0 Å². The second-order valence-corrected chi connectivity index (χ2v) is 4.63. The van der Waals surface area contributed by atoms with Crippen LogP contribution in [-0.4, -0.2) is 88.0 Å². The molecule has 9 heteroatoms. The molecule has 0 heterocycles. The molecule has 0 bridgehead atoms. The van der Waals surface area contributed by atoms with Gasteiger partial charge in [0.15, 0.2) is 0 Å². The van der Waals surface area contributed by atoms with Crippen LogP contribution >= 0.6 is 0 Å². The number of hydrogen-bond donors (Lipinski definition) is 1. The number of hydrogen-bond acceptors (Lipinski definition) is 6. The van der Waals surface area contributed by atoms with Gasteiger partial charge in [0.1, 0.15) is 0 Å². The van der Waals surface area contributed by atoms with Crippen molar-refractivity contribution in [3.63, 3.8) is 0 Å². The van der Waals surface area contributed by atoms with E-state index in [1.807, 2.05) is 0 Å². The maximum absolute atomic E-state index is 11.3. The fourth-order valence-corrected chi connectivity index (χ4v) is 1.77. The molecule has 1 aromatic rings. The van der Waals surface area contributed by atoms with E-state index in [-0.39, 0.29) is 60.0 Å². The van der Waals surface area contributed by atoms with E-state index in [0.717, 1.165) is 32.4 Å². The molecule has 0 aliphatic rings. The predicted octanol–water partition coefficient (Wildman–Crippen LogP) is 0.126. The van der Waals surface area contributed by atoms with Crippen LogP contribution in [0.3, 0.4) is 0 Å². The summed E-state index contributed by atoms with van der Waals surface area (Å²) < 4.78 is 39.7. The van der Waals surface area contributed by atoms with Gasteiger partial charge in [0.05, 0.1) is 30.2 Å². The summed E-state index contributed by atoms with van der Waals surface area (Å²) in [6, 6.07) is 2.90. The van der Waals surface area contributed by atoms with Crippen LogP contribution in [0.1, 0.15) is 20.7 Å². The van der Waals surface area contributed by atoms with Crippen molar-refractivity contribution in [2.75, 3.05) is 14.2 Å². The van der Waals surface area contributed by atoms with Gasteiger partial charge in [0, 0.05) is 0 Å². The average Bonchev–Trinajstić information content (AvgIpc) is 2.35. The van der Waals surface area contributed by atoms with E-state index in [9.17, 15) is 18.0 Å². The van der Waals surface area contributed by atoms with Crippen LogP contribution in [0.5, 0.6) is 0 Å². The summed E-state index contributed by atoms with van der Waals surface area (Å²) in [6.45, 7) is 0. The molecule has 0 aliphatic carbocycles. The van der Waals surface area contributed by atoms with Crippen molar-refractivity contribution in [2.45, 2.75) is 4.90 Å². The van der Waals surface area contributed by atoms with Crippen molar-refractivity contribution >= 4 is 70.9 Å². The van der Waals surface area contributed by atoms with Crippen LogP contribution < -0.4 is 0 Å². The third-order valence-corrected chi connectivity index (χ3v) is 2.88. The summed E-state index contributed by atoms with van der Waals surface area (Å²) in [5, 5.41) is 0. The summed E-state index contributed by atoms with van der Waals surface area (Å²) in [6.07, 6.45) is 0. The molecule has 0 amide bonds. The van der Waals surface area contributed by atoms with E-state index in [0.29, 0.717) is 0 Å². The van der Waals surface area contributed by atoms with Gasteiger partial charge in [-0.25, -0.2) is 9.59 Å². The largest absolute Gasteiger partial charge is 2.00 e. The van der Waals surface area contributed by atoms with Gasteiger partial charge in [-0.3, -0.25) is 4.55 Å². The Morgan fingerprint density at radius 1 is 1.00 bits per heavy atom. The maximum atomic E-state index is 11.3. The number of carbonyl (C=O) groups is 2. The second-order valence-electron chi connectivity index (χ2n) is 3.20. The van der Waals surface area contributed by atoms with Crippen molar-refractivity contribution in [2.24, 2.45) is 0 Å². The molecule has 1 rings (SSSR count). The minimum Gasteiger partial charge on any atom is -0.465 e. The van der Waals surface area contributed by atoms with Crippen LogP contribution in [0.4, 0.5) is 0 Å². The molecule has 0 fully saturated rings. The van der Waals surface area contributed by atoms with Crippen molar-refractivity contribution < 1.29 is 32.0 Å². The van der Waals surface area contributed by atoms with E-state index in [2.05, 4.69) is 9.47 Å². The molecular formula is C10H10BaO7S+2. The average molecular weight is 412 g/mol. The molecule has 0 saturated carbocycles. The molecule has 98 valence electrons. The number of esters is 2. The summed E-state index contributed by atoms with van der Waals surface area (Å²) in [4.78, 5) is 22.0. The molecule has 0 saturated heterocycles. The van der Waals surface area contributed by atoms with E-state index in [1.165, 1.54) is 0 Å². The zero-order valence-corrected chi connectivity index (χ0v) is 15.5. The normalized spacial score (nSPS) is 10.3. The first-order valence-electron chi connectivity index (χ1n) is 4.59. The van der Waals surface area contributed by atoms with Gasteiger partial charge < -0.3 is 9.47 Å². The summed E-state index contributed by atoms with van der Waals surface area (Å²) in [7, 11) is -2.35. The van der Waals surface area contributed by atoms with Crippen molar-refractivity contribution in [3.05, 3.63) is 29.3 Å². The van der Waals surface area contributed by atoms with Crippen LogP contribution in [0.25, 0.3) is 0 Å². The van der Waals surface area contributed by atoms with E-state index in [4.69, 9.17) is 4.55 Å². The minimum absolute atomic E-state index is 0. The topological polar surface area (TPSA) is 107 Å². The van der Waals surface area contributed by atoms with Gasteiger partial charge >= 0.3 is 60.8 Å². The molecule has 1 aromatic carbocycles. The molecular weight excluding hydrogens is 401 g/mol. The maximum Gasteiger partial charge on any atom is 2.00 e. The number of rotatable bonds is 3. The minimum atomic E-state index is -4.55. The first-order chi connectivity index (χ1) is 8.29. The summed E-state index contributed by atoms with van der Waals surface area (Å²) >= 11 is 0. The Bertz CT molecular complexity index is 560. The molecule has 0 aliphatic heterocycles. The molecule has 0 atom stereocenters. The van der Waals surface area contributed by atoms with Crippen LogP contribution in [0.2, 0.25) is 0 Å². The van der Waals surface area contributed by atoms with Gasteiger partial charge in [0.2, 0.25) is 0 Å². The fourth-order valence-electron chi connectivity index (χ4n) is 1.22. The monoisotopic (exact) mass is 412 g/mol. The Kier molecular flexibility index (Phi) is 7.29. The molecule has 1 N–H and O–H groups in total. The van der Waals surface area contributed by atoms with E-state index < -0.39 is 27.0 Å². The van der Waals surface area contributed by atoms with E-state index >= 15 is 0 Å². The smallest absolute Gasteiger partial charge is 0.465 e. The first kappa shape index (κ1) is 18.6. The molecule has 19 heavy (non-hydrogen) atoms. The van der Waals surface area contributed by atoms with Crippen LogP contribution in [0.15, 0.2) is 23.1 Å². The van der Waals surface area contributed by atoms with Gasteiger partial charge in [-0.15, -0.1) is 0 Å². The Labute approximate surface area is 150 Å². The van der Waals surface area contributed by atoms with Gasteiger partial charge in [-0.05, 0) is 18.2 Å². The molecule has 7 nitrogen and oxygen atoms in total. The third-order valence-electron chi connectivity index (χ3n) is 2.05. The molecule has 0 unspecified atom stereocenters. The Hall–Kier alpha value is -0.359. The predicted molar refractivity (Wildman–Crippen MR) is 64.7 cm³/mol. The Morgan fingerprint density at radius 3 is 1.63 bits per heavy atom. The van der Waals surface area contributed by atoms with Crippen LogP contribution in [-0.2, 0) is 19.6 Å². The fraction of sp³-hybridized carbons (Fsp3) is 0.200. The van der Waals surface area contributed by atoms with E-state index in [1.54, 1.807) is 0 Å². The summed E-state index contributed by atoms with van der Waals surface area (Å²) in [5.74, 6) is -1.68. The zero-order valence-electron chi connectivity index (χ0n) is 10.2. The number of methoxy groups -OCH3 is 2. The summed E-state index contributed by atoms with van der Waals surface area (Å²) in [5.41, 5.74) is -0.374. The molecule has 0 radical (unpaired) electrons. The quantitative estimate of drug-likeness (QED) is 0.428.